The van der Waals surface area contributed by atoms with Crippen LogP contribution in [-0.2, 0) is 5.41 Å². The topological polar surface area (TPSA) is 26.0 Å². The largest absolute Gasteiger partial charge is 0.330 e. The van der Waals surface area contributed by atoms with E-state index in [0.717, 1.165) is 5.56 Å². The highest BCUT2D eigenvalue weighted by Gasteiger charge is 2.18. The maximum atomic E-state index is 13.0. The Kier molecular flexibility index (Phi) is 2.71. The van der Waals surface area contributed by atoms with Crippen LogP contribution >= 0.6 is 0 Å². The summed E-state index contributed by atoms with van der Waals surface area (Å²) in [4.78, 5) is 0. The van der Waals surface area contributed by atoms with Gasteiger partial charge in [-0.15, -0.1) is 0 Å². The third-order valence-corrected chi connectivity index (χ3v) is 2.45. The second-order valence-electron chi connectivity index (χ2n) is 4.05. The number of hydrogen-bond donors (Lipinski definition) is 1. The van der Waals surface area contributed by atoms with Gasteiger partial charge >= 0.3 is 0 Å². The van der Waals surface area contributed by atoms with Crippen LogP contribution in [0.1, 0.15) is 25.0 Å². The molecule has 1 nitrogen and oxygen atoms in total. The van der Waals surface area contributed by atoms with E-state index in [1.54, 1.807) is 13.0 Å². The van der Waals surface area contributed by atoms with Gasteiger partial charge in [-0.25, -0.2) is 4.39 Å². The highest BCUT2D eigenvalue weighted by Crippen LogP contribution is 2.23. The zero-order valence-corrected chi connectivity index (χ0v) is 8.39. The van der Waals surface area contributed by atoms with Crippen LogP contribution < -0.4 is 5.73 Å². The van der Waals surface area contributed by atoms with E-state index in [1.807, 2.05) is 6.07 Å². The molecule has 0 saturated heterocycles. The highest BCUT2D eigenvalue weighted by atomic mass is 19.1. The molecule has 2 N–H and O–H groups in total. The second-order valence-corrected chi connectivity index (χ2v) is 4.05. The fourth-order valence-electron chi connectivity index (χ4n) is 1.18. The Morgan fingerprint density at radius 1 is 1.38 bits per heavy atom. The summed E-state index contributed by atoms with van der Waals surface area (Å²) in [6, 6.07) is 5.17. The Morgan fingerprint density at radius 2 is 2.00 bits per heavy atom. The first kappa shape index (κ1) is 10.2. The number of rotatable bonds is 2. The second kappa shape index (κ2) is 3.46. The molecule has 1 aromatic carbocycles. The Morgan fingerprint density at radius 3 is 2.46 bits per heavy atom. The Bertz CT molecular complexity index is 305. The molecule has 0 bridgehead atoms. The van der Waals surface area contributed by atoms with E-state index >= 15 is 0 Å². The summed E-state index contributed by atoms with van der Waals surface area (Å²) in [7, 11) is 0. The zero-order valence-electron chi connectivity index (χ0n) is 8.39. The van der Waals surface area contributed by atoms with E-state index in [0.29, 0.717) is 12.1 Å². The standard InChI is InChI=1S/C11H16FN/c1-8-6-9(4-5-10(8)12)11(2,3)7-13/h4-6H,7,13H2,1-3H3. The molecule has 1 rings (SSSR count). The van der Waals surface area contributed by atoms with Gasteiger partial charge in [-0.3, -0.25) is 0 Å². The van der Waals surface area contributed by atoms with Crippen LogP contribution in [0.5, 0.6) is 0 Å². The van der Waals surface area contributed by atoms with Gasteiger partial charge in [-0.2, -0.15) is 0 Å². The quantitative estimate of drug-likeness (QED) is 0.744. The van der Waals surface area contributed by atoms with Crippen LogP contribution in [-0.4, -0.2) is 6.54 Å². The number of nitrogens with two attached hydrogens (primary N) is 1. The fourth-order valence-corrected chi connectivity index (χ4v) is 1.18. The molecule has 0 radical (unpaired) electrons. The first-order valence-electron chi connectivity index (χ1n) is 4.44. The molecule has 0 atom stereocenters. The van der Waals surface area contributed by atoms with Gasteiger partial charge in [0.15, 0.2) is 0 Å². The molecule has 1 aromatic rings. The maximum Gasteiger partial charge on any atom is 0.126 e. The molecule has 0 unspecified atom stereocenters. The highest BCUT2D eigenvalue weighted by molar-refractivity contribution is 5.29. The smallest absolute Gasteiger partial charge is 0.126 e. The Labute approximate surface area is 78.8 Å². The normalized spacial score (nSPS) is 11.8. The van der Waals surface area contributed by atoms with Gasteiger partial charge < -0.3 is 5.73 Å². The van der Waals surface area contributed by atoms with Crippen molar-refractivity contribution in [3.8, 4) is 0 Å². The number of halogens is 1. The third kappa shape index (κ3) is 2.07. The predicted molar refractivity (Wildman–Crippen MR) is 53.2 cm³/mol. The first-order chi connectivity index (χ1) is 5.97. The molecule has 0 aliphatic heterocycles. The van der Waals surface area contributed by atoms with Crippen LogP contribution in [0.3, 0.4) is 0 Å². The molecule has 72 valence electrons. The van der Waals surface area contributed by atoms with Crippen LogP contribution in [0, 0.1) is 12.7 Å². The summed E-state index contributed by atoms with van der Waals surface area (Å²) in [6.07, 6.45) is 0. The van der Waals surface area contributed by atoms with E-state index in [2.05, 4.69) is 13.8 Å². The molecule has 0 spiro atoms. The van der Waals surface area contributed by atoms with Gasteiger partial charge in [0, 0.05) is 12.0 Å². The molecule has 2 heteroatoms. The molecule has 0 heterocycles. The van der Waals surface area contributed by atoms with Crippen molar-refractivity contribution in [2.45, 2.75) is 26.2 Å². The monoisotopic (exact) mass is 181 g/mol. The SMILES string of the molecule is Cc1cc(C(C)(C)CN)ccc1F. The number of aryl methyl sites for hydroxylation is 1. The summed E-state index contributed by atoms with van der Waals surface area (Å²) in [5.74, 6) is -0.156. The van der Waals surface area contributed by atoms with Crippen molar-refractivity contribution >= 4 is 0 Å². The van der Waals surface area contributed by atoms with Crippen molar-refractivity contribution in [3.63, 3.8) is 0 Å². The Hall–Kier alpha value is -0.890. The molecule has 13 heavy (non-hydrogen) atoms. The lowest BCUT2D eigenvalue weighted by Crippen LogP contribution is -2.28. The van der Waals surface area contributed by atoms with Crippen molar-refractivity contribution in [1.29, 1.82) is 0 Å². The van der Waals surface area contributed by atoms with Crippen LogP contribution in [0.2, 0.25) is 0 Å². The zero-order chi connectivity index (χ0) is 10.1. The summed E-state index contributed by atoms with van der Waals surface area (Å²) in [5, 5.41) is 0. The average Bonchev–Trinajstić information content (AvgIpc) is 2.09. The van der Waals surface area contributed by atoms with E-state index in [9.17, 15) is 4.39 Å². The summed E-state index contributed by atoms with van der Waals surface area (Å²) in [5.41, 5.74) is 7.33. The van der Waals surface area contributed by atoms with E-state index < -0.39 is 0 Å². The lowest BCUT2D eigenvalue weighted by molar-refractivity contribution is 0.535. The molecule has 0 aromatic heterocycles. The molecule has 0 aliphatic carbocycles. The molecule has 0 fully saturated rings. The molecular formula is C11H16FN. The summed E-state index contributed by atoms with van der Waals surface area (Å²) >= 11 is 0. The van der Waals surface area contributed by atoms with E-state index in [4.69, 9.17) is 5.73 Å². The van der Waals surface area contributed by atoms with Crippen molar-refractivity contribution in [1.82, 2.24) is 0 Å². The Balaban J connectivity index is 3.10. The van der Waals surface area contributed by atoms with Gasteiger partial charge in [0.2, 0.25) is 0 Å². The molecule has 0 saturated carbocycles. The fraction of sp³-hybridized carbons (Fsp3) is 0.455. The third-order valence-electron chi connectivity index (χ3n) is 2.45. The number of benzene rings is 1. The number of hydrogen-bond acceptors (Lipinski definition) is 1. The molecular weight excluding hydrogens is 165 g/mol. The van der Waals surface area contributed by atoms with Gasteiger partial charge in [-0.1, -0.05) is 26.0 Å². The van der Waals surface area contributed by atoms with Crippen molar-refractivity contribution in [2.75, 3.05) is 6.54 Å². The van der Waals surface area contributed by atoms with Crippen LogP contribution in [0.4, 0.5) is 4.39 Å². The van der Waals surface area contributed by atoms with Gasteiger partial charge in [0.05, 0.1) is 0 Å². The lowest BCUT2D eigenvalue weighted by Gasteiger charge is -2.23. The van der Waals surface area contributed by atoms with Crippen LogP contribution in [0.15, 0.2) is 18.2 Å². The van der Waals surface area contributed by atoms with Crippen LogP contribution in [0.25, 0.3) is 0 Å². The average molecular weight is 181 g/mol. The van der Waals surface area contributed by atoms with Crippen molar-refractivity contribution in [3.05, 3.63) is 35.1 Å². The summed E-state index contributed by atoms with van der Waals surface area (Å²) < 4.78 is 13.0. The minimum atomic E-state index is -0.156. The lowest BCUT2D eigenvalue weighted by atomic mass is 9.84. The van der Waals surface area contributed by atoms with E-state index in [1.165, 1.54) is 6.07 Å². The van der Waals surface area contributed by atoms with Gasteiger partial charge in [0.1, 0.15) is 5.82 Å². The van der Waals surface area contributed by atoms with Crippen molar-refractivity contribution < 1.29 is 4.39 Å². The van der Waals surface area contributed by atoms with Gasteiger partial charge in [-0.05, 0) is 24.1 Å². The predicted octanol–water partition coefficient (Wildman–Crippen LogP) is 2.37. The van der Waals surface area contributed by atoms with Gasteiger partial charge in [0.25, 0.3) is 0 Å². The minimum Gasteiger partial charge on any atom is -0.330 e. The molecule has 0 amide bonds. The molecule has 0 aliphatic rings. The maximum absolute atomic E-state index is 13.0. The first-order valence-corrected chi connectivity index (χ1v) is 4.44. The minimum absolute atomic E-state index is 0.0710. The van der Waals surface area contributed by atoms with E-state index in [-0.39, 0.29) is 11.2 Å². The van der Waals surface area contributed by atoms with Crippen molar-refractivity contribution in [2.24, 2.45) is 5.73 Å². The summed E-state index contributed by atoms with van der Waals surface area (Å²) in [6.45, 7) is 6.45.